The number of nitrogens with zero attached hydrogens (tertiary/aromatic N) is 3. The fourth-order valence-electron chi connectivity index (χ4n) is 2.72. The molecule has 0 spiro atoms. The van der Waals surface area contributed by atoms with Crippen LogP contribution in [0.5, 0.6) is 5.75 Å². The lowest BCUT2D eigenvalue weighted by molar-refractivity contribution is 0.415. The van der Waals surface area contributed by atoms with E-state index in [4.69, 9.17) is 9.72 Å². The third-order valence-electron chi connectivity index (χ3n) is 3.84. The van der Waals surface area contributed by atoms with Crippen molar-refractivity contribution in [2.24, 2.45) is 0 Å². The van der Waals surface area contributed by atoms with E-state index in [-0.39, 0.29) is 0 Å². The average molecular weight is 415 g/mol. The predicted octanol–water partition coefficient (Wildman–Crippen LogP) is 5.28. The molecule has 25 heavy (non-hydrogen) atoms. The zero-order chi connectivity index (χ0) is 17.4. The Balaban J connectivity index is 1.70. The van der Waals surface area contributed by atoms with E-state index in [0.717, 1.165) is 43.8 Å². The third kappa shape index (κ3) is 3.01. The van der Waals surface area contributed by atoms with Gasteiger partial charge in [0.05, 0.1) is 23.0 Å². The number of methoxy groups -OCH3 is 1. The van der Waals surface area contributed by atoms with Crippen molar-refractivity contribution >= 4 is 43.7 Å². The monoisotopic (exact) mass is 414 g/mol. The number of thiazole rings is 1. The highest BCUT2D eigenvalue weighted by atomic mass is 79.9. The first kappa shape index (κ1) is 16.1. The molecule has 5 nitrogen and oxygen atoms in total. The Labute approximate surface area is 157 Å². The van der Waals surface area contributed by atoms with Gasteiger partial charge in [-0.2, -0.15) is 0 Å². The lowest BCUT2D eigenvalue weighted by Gasteiger charge is -2.05. The second-order valence-corrected chi connectivity index (χ2v) is 7.20. The van der Waals surface area contributed by atoms with Crippen LogP contribution < -0.4 is 10.1 Å². The number of anilines is 2. The maximum absolute atomic E-state index is 5.26. The summed E-state index contributed by atoms with van der Waals surface area (Å²) >= 11 is 5.12. The molecule has 3 aromatic heterocycles. The Bertz CT molecular complexity index is 1060. The number of nitrogens with one attached hydrogen (secondary N) is 1. The van der Waals surface area contributed by atoms with E-state index in [0.29, 0.717) is 0 Å². The van der Waals surface area contributed by atoms with Gasteiger partial charge in [-0.3, -0.25) is 4.40 Å². The largest absolute Gasteiger partial charge is 0.497 e. The fourth-order valence-corrected chi connectivity index (χ4v) is 3.87. The molecular formula is C18H15BrN4OS. The van der Waals surface area contributed by atoms with Crippen LogP contribution in [0, 0.1) is 6.92 Å². The van der Waals surface area contributed by atoms with Gasteiger partial charge >= 0.3 is 0 Å². The van der Waals surface area contributed by atoms with Crippen LogP contribution >= 0.6 is 27.3 Å². The molecule has 0 amide bonds. The lowest BCUT2D eigenvalue weighted by Crippen LogP contribution is -1.92. The summed E-state index contributed by atoms with van der Waals surface area (Å²) in [6, 6.07) is 11.8. The van der Waals surface area contributed by atoms with Gasteiger partial charge in [-0.1, -0.05) is 6.07 Å². The summed E-state index contributed by atoms with van der Waals surface area (Å²) < 4.78 is 8.29. The molecule has 126 valence electrons. The van der Waals surface area contributed by atoms with Gasteiger partial charge in [-0.05, 0) is 47.1 Å². The van der Waals surface area contributed by atoms with Crippen LogP contribution in [0.15, 0.2) is 52.4 Å². The van der Waals surface area contributed by atoms with Crippen LogP contribution in [-0.2, 0) is 0 Å². The molecule has 1 N–H and O–H groups in total. The molecule has 1 aromatic carbocycles. The standard InChI is InChI=1S/C18H15BrN4OS/c1-11-16(23-8-4-7-14(19)17(23)20-11)15-10-25-18(22-15)21-12-5-3-6-13(9-12)24-2/h3-10H,1-2H3,(H,21,22). The Morgan fingerprint density at radius 2 is 2.08 bits per heavy atom. The van der Waals surface area contributed by atoms with E-state index in [1.54, 1.807) is 18.4 Å². The van der Waals surface area contributed by atoms with Crippen molar-refractivity contribution in [2.45, 2.75) is 6.92 Å². The van der Waals surface area contributed by atoms with E-state index in [9.17, 15) is 0 Å². The highest BCUT2D eigenvalue weighted by Crippen LogP contribution is 2.31. The van der Waals surface area contributed by atoms with Gasteiger partial charge in [-0.15, -0.1) is 11.3 Å². The molecule has 0 radical (unpaired) electrons. The number of pyridine rings is 1. The average Bonchev–Trinajstić information content (AvgIpc) is 3.19. The number of ether oxygens (including phenoxy) is 1. The van der Waals surface area contributed by atoms with E-state index in [1.807, 2.05) is 54.9 Å². The van der Waals surface area contributed by atoms with E-state index in [2.05, 4.69) is 30.6 Å². The molecule has 0 saturated heterocycles. The lowest BCUT2D eigenvalue weighted by atomic mass is 10.3. The zero-order valence-corrected chi connectivity index (χ0v) is 16.1. The Morgan fingerprint density at radius 3 is 2.92 bits per heavy atom. The van der Waals surface area contributed by atoms with Crippen LogP contribution in [0.1, 0.15) is 5.69 Å². The Kier molecular flexibility index (Phi) is 4.19. The van der Waals surface area contributed by atoms with E-state index < -0.39 is 0 Å². The second kappa shape index (κ2) is 6.50. The molecule has 0 fully saturated rings. The number of aryl methyl sites for hydroxylation is 1. The van der Waals surface area contributed by atoms with Crippen molar-refractivity contribution < 1.29 is 4.74 Å². The molecule has 4 aromatic rings. The zero-order valence-electron chi connectivity index (χ0n) is 13.7. The summed E-state index contributed by atoms with van der Waals surface area (Å²) in [5, 5.41) is 6.20. The minimum absolute atomic E-state index is 0.809. The molecule has 7 heteroatoms. The van der Waals surface area contributed by atoms with Crippen molar-refractivity contribution in [2.75, 3.05) is 12.4 Å². The first-order valence-corrected chi connectivity index (χ1v) is 9.33. The highest BCUT2D eigenvalue weighted by Gasteiger charge is 2.15. The number of imidazole rings is 1. The smallest absolute Gasteiger partial charge is 0.187 e. The second-order valence-electron chi connectivity index (χ2n) is 5.49. The molecule has 0 saturated carbocycles. The SMILES string of the molecule is COc1cccc(Nc2nc(-c3c(C)nc4c(Br)cccn34)cs2)c1. The molecule has 4 rings (SSSR count). The Morgan fingerprint density at radius 1 is 1.20 bits per heavy atom. The summed E-state index contributed by atoms with van der Waals surface area (Å²) in [4.78, 5) is 9.38. The number of hydrogen-bond donors (Lipinski definition) is 1. The van der Waals surface area contributed by atoms with Crippen molar-refractivity contribution in [3.63, 3.8) is 0 Å². The van der Waals surface area contributed by atoms with E-state index >= 15 is 0 Å². The van der Waals surface area contributed by atoms with Crippen molar-refractivity contribution in [1.82, 2.24) is 14.4 Å². The maximum atomic E-state index is 5.26. The van der Waals surface area contributed by atoms with Crippen LogP contribution in [0.3, 0.4) is 0 Å². The van der Waals surface area contributed by atoms with Crippen molar-refractivity contribution in [1.29, 1.82) is 0 Å². The number of halogens is 1. The van der Waals surface area contributed by atoms with E-state index in [1.165, 1.54) is 0 Å². The first-order valence-electron chi connectivity index (χ1n) is 7.66. The molecular weight excluding hydrogens is 400 g/mol. The normalized spacial score (nSPS) is 11.0. The number of rotatable bonds is 4. The van der Waals surface area contributed by atoms with Gasteiger partial charge in [-0.25, -0.2) is 9.97 Å². The van der Waals surface area contributed by atoms with Gasteiger partial charge in [0.2, 0.25) is 0 Å². The molecule has 0 unspecified atom stereocenters. The molecule has 0 atom stereocenters. The quantitative estimate of drug-likeness (QED) is 0.493. The summed E-state index contributed by atoms with van der Waals surface area (Å²) in [5.74, 6) is 0.809. The number of aromatic nitrogens is 3. The molecule has 3 heterocycles. The van der Waals surface area contributed by atoms with Gasteiger partial charge in [0, 0.05) is 23.3 Å². The van der Waals surface area contributed by atoms with Gasteiger partial charge in [0.1, 0.15) is 11.4 Å². The molecule has 0 aliphatic rings. The summed E-state index contributed by atoms with van der Waals surface area (Å²) in [6.45, 7) is 2.00. The summed E-state index contributed by atoms with van der Waals surface area (Å²) in [6.07, 6.45) is 2.00. The number of fused-ring (bicyclic) bond motifs is 1. The number of hydrogen-bond acceptors (Lipinski definition) is 5. The third-order valence-corrected chi connectivity index (χ3v) is 5.22. The molecule has 0 aliphatic carbocycles. The minimum Gasteiger partial charge on any atom is -0.497 e. The van der Waals surface area contributed by atoms with Crippen LogP contribution in [-0.4, -0.2) is 21.5 Å². The first-order chi connectivity index (χ1) is 12.2. The van der Waals surface area contributed by atoms with Crippen molar-refractivity contribution in [3.8, 4) is 17.1 Å². The topological polar surface area (TPSA) is 51.5 Å². The minimum atomic E-state index is 0.809. The van der Waals surface area contributed by atoms with Gasteiger partial charge < -0.3 is 10.1 Å². The molecule has 0 aliphatic heterocycles. The van der Waals surface area contributed by atoms with Crippen LogP contribution in [0.2, 0.25) is 0 Å². The van der Waals surface area contributed by atoms with Gasteiger partial charge in [0.15, 0.2) is 10.8 Å². The maximum Gasteiger partial charge on any atom is 0.187 e. The summed E-state index contributed by atoms with van der Waals surface area (Å²) in [7, 11) is 1.66. The van der Waals surface area contributed by atoms with Gasteiger partial charge in [0.25, 0.3) is 0 Å². The fraction of sp³-hybridized carbons (Fsp3) is 0.111. The Hall–Kier alpha value is -2.38. The molecule has 0 bridgehead atoms. The predicted molar refractivity (Wildman–Crippen MR) is 105 cm³/mol. The van der Waals surface area contributed by atoms with Crippen LogP contribution in [0.4, 0.5) is 10.8 Å². The summed E-state index contributed by atoms with van der Waals surface area (Å²) in [5.41, 5.74) is 4.69. The number of benzene rings is 1. The van der Waals surface area contributed by atoms with Crippen LogP contribution in [0.25, 0.3) is 17.0 Å². The highest BCUT2D eigenvalue weighted by molar-refractivity contribution is 9.10. The van der Waals surface area contributed by atoms with Crippen molar-refractivity contribution in [3.05, 3.63) is 58.1 Å².